The molecule has 2 aliphatic rings. The zero-order valence-corrected chi connectivity index (χ0v) is 7.22. The predicted molar refractivity (Wildman–Crippen MR) is 48.3 cm³/mol. The van der Waals surface area contributed by atoms with Crippen molar-refractivity contribution in [2.45, 2.75) is 26.7 Å². The van der Waals surface area contributed by atoms with Crippen LogP contribution >= 0.6 is 0 Å². The van der Waals surface area contributed by atoms with Gasteiger partial charge in [-0.05, 0) is 29.4 Å². The molecule has 2 rings (SSSR count). The highest BCUT2D eigenvalue weighted by molar-refractivity contribution is 5.45. The van der Waals surface area contributed by atoms with Gasteiger partial charge in [-0.3, -0.25) is 0 Å². The van der Waals surface area contributed by atoms with Crippen molar-refractivity contribution in [3.05, 3.63) is 35.5 Å². The third kappa shape index (κ3) is 1.18. The average Bonchev–Trinajstić information content (AvgIpc) is 2.21. The minimum atomic E-state index is 0.410. The van der Waals surface area contributed by atoms with Gasteiger partial charge >= 0.3 is 0 Å². The van der Waals surface area contributed by atoms with Crippen LogP contribution in [0.4, 0.5) is 0 Å². The average molecular weight is 146 g/mol. The molecule has 0 bridgehead atoms. The minimum absolute atomic E-state index is 0.410. The van der Waals surface area contributed by atoms with E-state index in [0.717, 1.165) is 6.42 Å². The Morgan fingerprint density at radius 1 is 1.27 bits per heavy atom. The van der Waals surface area contributed by atoms with Crippen molar-refractivity contribution in [1.29, 1.82) is 0 Å². The van der Waals surface area contributed by atoms with Crippen LogP contribution in [0.2, 0.25) is 0 Å². The lowest BCUT2D eigenvalue weighted by Crippen LogP contribution is -2.01. The van der Waals surface area contributed by atoms with E-state index in [-0.39, 0.29) is 0 Å². The molecule has 0 aromatic carbocycles. The van der Waals surface area contributed by atoms with E-state index in [1.165, 1.54) is 6.42 Å². The molecule has 2 aliphatic carbocycles. The number of fused-ring (bicyclic) bond motifs is 1. The molecule has 0 aromatic heterocycles. The standard InChI is InChI=1S/C11H14/c1-11(2)7-9-5-3-4-6-10(9)8-11/h3-5,8H,6-7H2,1-2H3. The van der Waals surface area contributed by atoms with E-state index in [1.54, 1.807) is 11.1 Å². The molecule has 0 N–H and O–H groups in total. The summed E-state index contributed by atoms with van der Waals surface area (Å²) in [5.41, 5.74) is 3.52. The molecule has 11 heavy (non-hydrogen) atoms. The SMILES string of the molecule is CC1(C)C=C2CC=CC=C2C1. The van der Waals surface area contributed by atoms with Gasteiger partial charge in [-0.1, -0.05) is 38.2 Å². The first-order valence-corrected chi connectivity index (χ1v) is 4.25. The van der Waals surface area contributed by atoms with Gasteiger partial charge in [-0.15, -0.1) is 0 Å². The second-order valence-corrected chi connectivity index (χ2v) is 4.16. The number of hydrogen-bond donors (Lipinski definition) is 0. The molecule has 0 aliphatic heterocycles. The minimum Gasteiger partial charge on any atom is -0.0801 e. The molecular weight excluding hydrogens is 132 g/mol. The van der Waals surface area contributed by atoms with Crippen LogP contribution in [0.3, 0.4) is 0 Å². The lowest BCUT2D eigenvalue weighted by atomic mass is 9.92. The smallest absolute Gasteiger partial charge is 0.00945 e. The first-order chi connectivity index (χ1) is 5.17. The molecule has 0 heteroatoms. The van der Waals surface area contributed by atoms with E-state index in [9.17, 15) is 0 Å². The van der Waals surface area contributed by atoms with Crippen LogP contribution in [0.25, 0.3) is 0 Å². The Morgan fingerprint density at radius 3 is 2.82 bits per heavy atom. The molecule has 0 amide bonds. The second kappa shape index (κ2) is 2.10. The fourth-order valence-electron chi connectivity index (χ4n) is 1.95. The summed E-state index contributed by atoms with van der Waals surface area (Å²) >= 11 is 0. The molecule has 0 saturated carbocycles. The van der Waals surface area contributed by atoms with Crippen LogP contribution in [-0.2, 0) is 0 Å². The van der Waals surface area contributed by atoms with Gasteiger partial charge in [0, 0.05) is 0 Å². The molecular formula is C11H14. The van der Waals surface area contributed by atoms with Gasteiger partial charge < -0.3 is 0 Å². The molecule has 0 nitrogen and oxygen atoms in total. The maximum atomic E-state index is 2.42. The molecule has 0 atom stereocenters. The summed E-state index contributed by atoms with van der Waals surface area (Å²) < 4.78 is 0. The van der Waals surface area contributed by atoms with Crippen molar-refractivity contribution in [1.82, 2.24) is 0 Å². The van der Waals surface area contributed by atoms with Crippen molar-refractivity contribution in [2.24, 2.45) is 5.41 Å². The molecule has 0 radical (unpaired) electrons. The summed E-state index contributed by atoms with van der Waals surface area (Å²) in [5, 5.41) is 0. The van der Waals surface area contributed by atoms with Gasteiger partial charge in [0.25, 0.3) is 0 Å². The molecule has 58 valence electrons. The lowest BCUT2D eigenvalue weighted by Gasteiger charge is -2.12. The summed E-state index contributed by atoms with van der Waals surface area (Å²) in [5.74, 6) is 0. The predicted octanol–water partition coefficient (Wildman–Crippen LogP) is 3.23. The van der Waals surface area contributed by atoms with Crippen molar-refractivity contribution in [3.63, 3.8) is 0 Å². The topological polar surface area (TPSA) is 0 Å². The monoisotopic (exact) mass is 146 g/mol. The van der Waals surface area contributed by atoms with Crippen molar-refractivity contribution in [3.8, 4) is 0 Å². The Morgan fingerprint density at radius 2 is 2.09 bits per heavy atom. The molecule has 0 saturated heterocycles. The summed E-state index contributed by atoms with van der Waals surface area (Å²) in [4.78, 5) is 0. The van der Waals surface area contributed by atoms with Gasteiger partial charge in [-0.25, -0.2) is 0 Å². The van der Waals surface area contributed by atoms with E-state index >= 15 is 0 Å². The van der Waals surface area contributed by atoms with Crippen LogP contribution in [0.15, 0.2) is 35.5 Å². The van der Waals surface area contributed by atoms with E-state index in [2.05, 4.69) is 38.2 Å². The summed E-state index contributed by atoms with van der Waals surface area (Å²) in [6.07, 6.45) is 11.5. The van der Waals surface area contributed by atoms with Crippen molar-refractivity contribution in [2.75, 3.05) is 0 Å². The van der Waals surface area contributed by atoms with E-state index < -0.39 is 0 Å². The summed E-state index contributed by atoms with van der Waals surface area (Å²) in [7, 11) is 0. The molecule has 0 fully saturated rings. The van der Waals surface area contributed by atoms with E-state index in [1.807, 2.05) is 0 Å². The number of rotatable bonds is 0. The van der Waals surface area contributed by atoms with Crippen molar-refractivity contribution < 1.29 is 0 Å². The van der Waals surface area contributed by atoms with Crippen molar-refractivity contribution >= 4 is 0 Å². The molecule has 0 unspecified atom stereocenters. The zero-order chi connectivity index (χ0) is 7.90. The highest BCUT2D eigenvalue weighted by atomic mass is 14.3. The van der Waals surface area contributed by atoms with Gasteiger partial charge in [-0.2, -0.15) is 0 Å². The van der Waals surface area contributed by atoms with Crippen LogP contribution in [0.1, 0.15) is 26.7 Å². The largest absolute Gasteiger partial charge is 0.0801 e. The van der Waals surface area contributed by atoms with Crippen LogP contribution < -0.4 is 0 Å². The van der Waals surface area contributed by atoms with Crippen LogP contribution in [0, 0.1) is 5.41 Å². The maximum Gasteiger partial charge on any atom is -0.00945 e. The fraction of sp³-hybridized carbons (Fsp3) is 0.455. The Balaban J connectivity index is 2.36. The van der Waals surface area contributed by atoms with Crippen LogP contribution in [0.5, 0.6) is 0 Å². The lowest BCUT2D eigenvalue weighted by molar-refractivity contribution is 0.499. The van der Waals surface area contributed by atoms with Gasteiger partial charge in [0.05, 0.1) is 0 Å². The number of allylic oxidation sites excluding steroid dienone is 6. The molecule has 0 heterocycles. The van der Waals surface area contributed by atoms with Crippen LogP contribution in [-0.4, -0.2) is 0 Å². The van der Waals surface area contributed by atoms with Gasteiger partial charge in [0.2, 0.25) is 0 Å². The second-order valence-electron chi connectivity index (χ2n) is 4.16. The maximum absolute atomic E-state index is 2.42. The highest BCUT2D eigenvalue weighted by Crippen LogP contribution is 2.41. The normalized spacial score (nSPS) is 26.0. The van der Waals surface area contributed by atoms with Gasteiger partial charge in [0.15, 0.2) is 0 Å². The number of hydrogen-bond acceptors (Lipinski definition) is 0. The fourth-order valence-corrected chi connectivity index (χ4v) is 1.95. The Hall–Kier alpha value is -0.780. The zero-order valence-electron chi connectivity index (χ0n) is 7.22. The first kappa shape index (κ1) is 6.90. The quantitative estimate of drug-likeness (QED) is 0.492. The molecule has 0 aromatic rings. The third-order valence-corrected chi connectivity index (χ3v) is 2.39. The Bertz CT molecular complexity index is 262. The van der Waals surface area contributed by atoms with Gasteiger partial charge in [0.1, 0.15) is 0 Å². The highest BCUT2D eigenvalue weighted by Gasteiger charge is 2.26. The summed E-state index contributed by atoms with van der Waals surface area (Å²) in [6.45, 7) is 4.61. The van der Waals surface area contributed by atoms with E-state index in [4.69, 9.17) is 0 Å². The van der Waals surface area contributed by atoms with E-state index in [0.29, 0.717) is 5.41 Å². The Kier molecular flexibility index (Phi) is 1.32. The summed E-state index contributed by atoms with van der Waals surface area (Å²) in [6, 6.07) is 0. The Labute approximate surface area is 68.3 Å². The molecule has 0 spiro atoms. The first-order valence-electron chi connectivity index (χ1n) is 4.25. The third-order valence-electron chi connectivity index (χ3n) is 2.39.